The molecule has 0 saturated carbocycles. The van der Waals surface area contributed by atoms with Gasteiger partial charge in [-0.1, -0.05) is 46.3 Å². The van der Waals surface area contributed by atoms with E-state index in [2.05, 4.69) is 15.9 Å². The van der Waals surface area contributed by atoms with Gasteiger partial charge in [-0.15, -0.1) is 0 Å². The number of hydrogen-bond donors (Lipinski definition) is 1. The summed E-state index contributed by atoms with van der Waals surface area (Å²) in [4.78, 5) is 10.9. The minimum absolute atomic E-state index is 0.202. The third-order valence-electron chi connectivity index (χ3n) is 3.55. The summed E-state index contributed by atoms with van der Waals surface area (Å²) in [7, 11) is -3.70. The van der Waals surface area contributed by atoms with Gasteiger partial charge in [0.2, 0.25) is 5.91 Å². The number of nitrogens with two attached hydrogens (primary N) is 1. The van der Waals surface area contributed by atoms with Gasteiger partial charge in [0.1, 0.15) is 4.83 Å². The van der Waals surface area contributed by atoms with Crippen LogP contribution in [-0.2, 0) is 14.8 Å². The molecule has 118 valence electrons. The van der Waals surface area contributed by atoms with Gasteiger partial charge in [0.15, 0.2) is 0 Å². The fourth-order valence-electron chi connectivity index (χ4n) is 2.46. The molecule has 3 aromatic rings. The molecule has 5 nitrogen and oxygen atoms in total. The van der Waals surface area contributed by atoms with Crippen LogP contribution < -0.4 is 5.73 Å². The molecular formula is C16H13BrN2O3S. The summed E-state index contributed by atoms with van der Waals surface area (Å²) in [5.41, 5.74) is 6.47. The van der Waals surface area contributed by atoms with E-state index < -0.39 is 20.8 Å². The predicted molar refractivity (Wildman–Crippen MR) is 91.8 cm³/mol. The molecule has 23 heavy (non-hydrogen) atoms. The van der Waals surface area contributed by atoms with Crippen LogP contribution in [0.15, 0.2) is 65.7 Å². The first-order chi connectivity index (χ1) is 10.9. The molecule has 0 fully saturated rings. The lowest BCUT2D eigenvalue weighted by Crippen LogP contribution is -2.17. The Balaban J connectivity index is 2.22. The van der Waals surface area contributed by atoms with Gasteiger partial charge in [-0.3, -0.25) is 4.79 Å². The molecule has 0 radical (unpaired) electrons. The molecule has 0 spiro atoms. The maximum atomic E-state index is 12.8. The number of fused-ring (bicyclic) bond motifs is 1. The maximum absolute atomic E-state index is 12.8. The molecule has 7 heteroatoms. The Kier molecular flexibility index (Phi) is 3.99. The van der Waals surface area contributed by atoms with E-state index in [-0.39, 0.29) is 4.90 Å². The van der Waals surface area contributed by atoms with Crippen LogP contribution in [0.5, 0.6) is 0 Å². The normalized spacial score (nSPS) is 13.1. The Hall–Kier alpha value is -2.12. The summed E-state index contributed by atoms with van der Waals surface area (Å²) in [6.07, 6.45) is 1.48. The summed E-state index contributed by atoms with van der Waals surface area (Å²) >= 11 is 3.24. The maximum Gasteiger partial charge on any atom is 0.268 e. The molecule has 1 atom stereocenters. The zero-order valence-corrected chi connectivity index (χ0v) is 14.3. The summed E-state index contributed by atoms with van der Waals surface area (Å²) in [6.45, 7) is 0. The second kappa shape index (κ2) is 5.82. The number of primary amides is 1. The van der Waals surface area contributed by atoms with Crippen LogP contribution in [0.1, 0.15) is 10.4 Å². The molecule has 1 amide bonds. The topological polar surface area (TPSA) is 82.2 Å². The number of benzene rings is 2. The van der Waals surface area contributed by atoms with Crippen molar-refractivity contribution in [2.75, 3.05) is 0 Å². The SMILES string of the molecule is NC(=O)C(Br)c1cccc2c1ccn2S(=O)(=O)c1ccccc1. The number of aromatic nitrogens is 1. The van der Waals surface area contributed by atoms with Crippen LogP contribution in [-0.4, -0.2) is 18.3 Å². The average molecular weight is 393 g/mol. The number of alkyl halides is 1. The van der Waals surface area contributed by atoms with E-state index >= 15 is 0 Å². The largest absolute Gasteiger partial charge is 0.368 e. The molecule has 0 bridgehead atoms. The fourth-order valence-corrected chi connectivity index (χ4v) is 4.22. The lowest BCUT2D eigenvalue weighted by atomic mass is 10.1. The van der Waals surface area contributed by atoms with Crippen LogP contribution in [0, 0.1) is 0 Å². The van der Waals surface area contributed by atoms with Gasteiger partial charge in [0.25, 0.3) is 10.0 Å². The van der Waals surface area contributed by atoms with Crippen LogP contribution in [0.2, 0.25) is 0 Å². The minimum atomic E-state index is -3.70. The number of nitrogens with zero attached hydrogens (tertiary/aromatic N) is 1. The molecule has 0 aliphatic heterocycles. The average Bonchev–Trinajstić information content (AvgIpc) is 2.99. The van der Waals surface area contributed by atoms with Gasteiger partial charge in [0.05, 0.1) is 10.4 Å². The lowest BCUT2D eigenvalue weighted by Gasteiger charge is -2.10. The third-order valence-corrected chi connectivity index (χ3v) is 6.20. The van der Waals surface area contributed by atoms with Gasteiger partial charge in [-0.05, 0) is 29.8 Å². The second-order valence-corrected chi connectivity index (χ2v) is 7.71. The van der Waals surface area contributed by atoms with Crippen LogP contribution in [0.3, 0.4) is 0 Å². The Morgan fingerprint density at radius 1 is 1.04 bits per heavy atom. The van der Waals surface area contributed by atoms with Crippen LogP contribution in [0.25, 0.3) is 10.9 Å². The Bertz CT molecular complexity index is 981. The standard InChI is InChI=1S/C16H13BrN2O3S/c17-15(16(18)20)13-7-4-8-14-12(13)9-10-19(14)23(21,22)11-5-2-1-3-6-11/h1-10,15H,(H2,18,20). The van der Waals surface area contributed by atoms with Crippen molar-refractivity contribution in [3.05, 3.63) is 66.4 Å². The van der Waals surface area contributed by atoms with E-state index in [1.54, 1.807) is 54.6 Å². The highest BCUT2D eigenvalue weighted by atomic mass is 79.9. The molecule has 1 unspecified atom stereocenters. The van der Waals surface area contributed by atoms with Crippen molar-refractivity contribution in [2.45, 2.75) is 9.72 Å². The highest BCUT2D eigenvalue weighted by molar-refractivity contribution is 9.09. The summed E-state index contributed by atoms with van der Waals surface area (Å²) < 4.78 is 26.8. The first-order valence-corrected chi connectivity index (χ1v) is 9.12. The summed E-state index contributed by atoms with van der Waals surface area (Å²) in [5, 5.41) is 0.660. The van der Waals surface area contributed by atoms with Crippen molar-refractivity contribution >= 4 is 42.8 Å². The Labute approximate surface area is 141 Å². The van der Waals surface area contributed by atoms with Gasteiger partial charge < -0.3 is 5.73 Å². The monoisotopic (exact) mass is 392 g/mol. The molecule has 1 heterocycles. The molecule has 0 saturated heterocycles. The van der Waals surface area contributed by atoms with Crippen LogP contribution >= 0.6 is 15.9 Å². The first kappa shape index (κ1) is 15.8. The zero-order valence-electron chi connectivity index (χ0n) is 11.9. The number of amides is 1. The van der Waals surface area contributed by atoms with E-state index in [1.807, 2.05) is 0 Å². The van der Waals surface area contributed by atoms with E-state index in [9.17, 15) is 13.2 Å². The second-order valence-electron chi connectivity index (χ2n) is 4.97. The highest BCUT2D eigenvalue weighted by Crippen LogP contribution is 2.31. The van der Waals surface area contributed by atoms with Crippen LogP contribution in [0.4, 0.5) is 0 Å². The van der Waals surface area contributed by atoms with Crippen molar-refractivity contribution in [2.24, 2.45) is 5.73 Å². The third kappa shape index (κ3) is 2.66. The molecule has 3 rings (SSSR count). The molecule has 2 N–H and O–H groups in total. The smallest absolute Gasteiger partial charge is 0.268 e. The Morgan fingerprint density at radius 2 is 1.74 bits per heavy atom. The van der Waals surface area contributed by atoms with E-state index in [4.69, 9.17) is 5.73 Å². The molecule has 1 aromatic heterocycles. The molecule has 2 aromatic carbocycles. The Morgan fingerprint density at radius 3 is 2.39 bits per heavy atom. The van der Waals surface area contributed by atoms with Crippen molar-refractivity contribution in [3.8, 4) is 0 Å². The predicted octanol–water partition coefficient (Wildman–Crippen LogP) is 2.80. The summed E-state index contributed by atoms with van der Waals surface area (Å²) in [6, 6.07) is 15.0. The van der Waals surface area contributed by atoms with Crippen molar-refractivity contribution in [3.63, 3.8) is 0 Å². The van der Waals surface area contributed by atoms with E-state index in [0.717, 1.165) is 0 Å². The fraction of sp³-hybridized carbons (Fsp3) is 0.0625. The van der Waals surface area contributed by atoms with E-state index in [0.29, 0.717) is 16.5 Å². The first-order valence-electron chi connectivity index (χ1n) is 6.77. The van der Waals surface area contributed by atoms with Gasteiger partial charge in [0, 0.05) is 11.6 Å². The van der Waals surface area contributed by atoms with E-state index in [1.165, 1.54) is 10.2 Å². The number of carbonyl (C=O) groups is 1. The number of carbonyl (C=O) groups excluding carboxylic acids is 1. The quantitative estimate of drug-likeness (QED) is 0.692. The summed E-state index contributed by atoms with van der Waals surface area (Å²) in [5.74, 6) is -0.531. The van der Waals surface area contributed by atoms with Crippen molar-refractivity contribution < 1.29 is 13.2 Å². The lowest BCUT2D eigenvalue weighted by molar-refractivity contribution is -0.117. The van der Waals surface area contributed by atoms with Gasteiger partial charge in [-0.25, -0.2) is 12.4 Å². The number of rotatable bonds is 4. The molecule has 0 aliphatic carbocycles. The molecule has 0 aliphatic rings. The van der Waals surface area contributed by atoms with Crippen molar-refractivity contribution in [1.29, 1.82) is 0 Å². The van der Waals surface area contributed by atoms with Gasteiger partial charge in [-0.2, -0.15) is 0 Å². The van der Waals surface area contributed by atoms with Crippen molar-refractivity contribution in [1.82, 2.24) is 3.97 Å². The number of hydrogen-bond acceptors (Lipinski definition) is 3. The minimum Gasteiger partial charge on any atom is -0.368 e. The molecular weight excluding hydrogens is 380 g/mol. The highest BCUT2D eigenvalue weighted by Gasteiger charge is 2.22. The van der Waals surface area contributed by atoms with Gasteiger partial charge >= 0.3 is 0 Å². The zero-order chi connectivity index (χ0) is 16.6. The number of halogens is 1.